The first-order valence-electron chi connectivity index (χ1n) is 7.04. The van der Waals surface area contributed by atoms with Crippen LogP contribution in [0.1, 0.15) is 17.3 Å². The molecule has 24 heavy (non-hydrogen) atoms. The summed E-state index contributed by atoms with van der Waals surface area (Å²) in [6.45, 7) is 2.70. The number of rotatable bonds is 8. The minimum Gasteiger partial charge on any atom is -0.494 e. The molecule has 1 aromatic heterocycles. The molecule has 2 N–H and O–H groups in total. The lowest BCUT2D eigenvalue weighted by Gasteiger charge is -2.08. The van der Waals surface area contributed by atoms with Crippen LogP contribution in [-0.4, -0.2) is 34.2 Å². The monoisotopic (exact) mass is 371 g/mol. The average molecular weight is 371 g/mol. The van der Waals surface area contributed by atoms with E-state index < -0.39 is 16.0 Å². The van der Waals surface area contributed by atoms with Gasteiger partial charge in [0.05, 0.1) is 12.2 Å². The summed E-state index contributed by atoms with van der Waals surface area (Å²) in [4.78, 5) is 11.8. The van der Waals surface area contributed by atoms with E-state index in [9.17, 15) is 13.2 Å². The molecule has 9 heteroatoms. The van der Waals surface area contributed by atoms with E-state index in [1.807, 2.05) is 6.92 Å². The Morgan fingerprint density at radius 2 is 1.75 bits per heavy atom. The average Bonchev–Trinajstić information content (AvgIpc) is 3.03. The molecule has 0 atom stereocenters. The van der Waals surface area contributed by atoms with E-state index in [1.54, 1.807) is 24.3 Å². The molecule has 0 radical (unpaired) electrons. The summed E-state index contributed by atoms with van der Waals surface area (Å²) in [5.41, 5.74) is 0.144. The SMILES string of the molecule is CCOc1ccc(OCCOC(=O)c2csc(S(N)(=O)=O)c2)cc1. The molecule has 0 unspecified atom stereocenters. The number of nitrogens with two attached hydrogens (primary N) is 1. The second-order valence-corrected chi connectivity index (χ2v) is 7.29. The zero-order valence-corrected chi connectivity index (χ0v) is 14.6. The van der Waals surface area contributed by atoms with E-state index in [4.69, 9.17) is 19.3 Å². The van der Waals surface area contributed by atoms with Crippen LogP contribution in [0.2, 0.25) is 0 Å². The van der Waals surface area contributed by atoms with Gasteiger partial charge in [-0.1, -0.05) is 0 Å². The number of ether oxygens (including phenoxy) is 3. The van der Waals surface area contributed by atoms with Gasteiger partial charge in [-0.15, -0.1) is 11.3 Å². The molecule has 1 aromatic carbocycles. The zero-order valence-electron chi connectivity index (χ0n) is 12.9. The first-order chi connectivity index (χ1) is 11.4. The molecule has 0 fully saturated rings. The minimum absolute atomic E-state index is 0.0343. The summed E-state index contributed by atoms with van der Waals surface area (Å²) in [5.74, 6) is 0.748. The number of hydrogen-bond acceptors (Lipinski definition) is 7. The van der Waals surface area contributed by atoms with Crippen LogP contribution in [0, 0.1) is 0 Å². The number of carbonyl (C=O) groups is 1. The molecule has 7 nitrogen and oxygen atoms in total. The highest BCUT2D eigenvalue weighted by molar-refractivity contribution is 7.91. The van der Waals surface area contributed by atoms with Crippen LogP contribution in [0.5, 0.6) is 11.5 Å². The largest absolute Gasteiger partial charge is 0.494 e. The van der Waals surface area contributed by atoms with Crippen LogP contribution in [0.3, 0.4) is 0 Å². The first-order valence-corrected chi connectivity index (χ1v) is 9.47. The summed E-state index contributed by atoms with van der Waals surface area (Å²) in [6.07, 6.45) is 0. The van der Waals surface area contributed by atoms with Gasteiger partial charge >= 0.3 is 5.97 Å². The summed E-state index contributed by atoms with van der Waals surface area (Å²) < 4.78 is 38.0. The Bertz CT molecular complexity index is 783. The third-order valence-electron chi connectivity index (χ3n) is 2.81. The smallest absolute Gasteiger partial charge is 0.339 e. The number of thiophene rings is 1. The third kappa shape index (κ3) is 5.22. The summed E-state index contributed by atoms with van der Waals surface area (Å²) in [7, 11) is -3.81. The third-order valence-corrected chi connectivity index (χ3v) is 5.20. The van der Waals surface area contributed by atoms with Crippen LogP contribution in [0.4, 0.5) is 0 Å². The van der Waals surface area contributed by atoms with Crippen LogP contribution < -0.4 is 14.6 Å². The standard InChI is InChI=1S/C15H17NO6S2/c1-2-20-12-3-5-13(6-4-12)21-7-8-22-15(17)11-9-14(23-10-11)24(16,18)19/h3-6,9-10H,2,7-8H2,1H3,(H2,16,18,19). The van der Waals surface area contributed by atoms with Gasteiger partial charge in [-0.05, 0) is 37.3 Å². The zero-order chi connectivity index (χ0) is 17.6. The van der Waals surface area contributed by atoms with Gasteiger partial charge in [0.15, 0.2) is 0 Å². The number of primary sulfonamides is 1. The Morgan fingerprint density at radius 1 is 1.12 bits per heavy atom. The predicted octanol–water partition coefficient (Wildman–Crippen LogP) is 2.03. The fourth-order valence-corrected chi connectivity index (χ4v) is 3.32. The van der Waals surface area contributed by atoms with E-state index in [-0.39, 0.29) is 23.0 Å². The van der Waals surface area contributed by atoms with Gasteiger partial charge in [0.2, 0.25) is 10.0 Å². The Labute approximate surface area is 144 Å². The van der Waals surface area contributed by atoms with Gasteiger partial charge in [0.1, 0.15) is 28.9 Å². The Hall–Kier alpha value is -2.10. The molecular weight excluding hydrogens is 354 g/mol. The number of esters is 1. The van der Waals surface area contributed by atoms with Gasteiger partial charge in [-0.3, -0.25) is 0 Å². The number of benzene rings is 1. The quantitative estimate of drug-likeness (QED) is 0.562. The molecule has 130 valence electrons. The molecule has 0 aliphatic carbocycles. The van der Waals surface area contributed by atoms with Crippen molar-refractivity contribution in [1.29, 1.82) is 0 Å². The molecule has 0 aliphatic rings. The highest BCUT2D eigenvalue weighted by Gasteiger charge is 2.16. The molecule has 0 spiro atoms. The van der Waals surface area contributed by atoms with Crippen molar-refractivity contribution in [2.75, 3.05) is 19.8 Å². The maximum Gasteiger partial charge on any atom is 0.339 e. The van der Waals surface area contributed by atoms with Gasteiger partial charge < -0.3 is 14.2 Å². The van der Waals surface area contributed by atoms with E-state index in [1.165, 1.54) is 11.4 Å². The van der Waals surface area contributed by atoms with E-state index in [0.29, 0.717) is 12.4 Å². The molecule has 0 bridgehead atoms. The van der Waals surface area contributed by atoms with Gasteiger partial charge in [0.25, 0.3) is 0 Å². The fourth-order valence-electron chi connectivity index (χ4n) is 1.75. The molecule has 0 aliphatic heterocycles. The Kier molecular flexibility index (Phi) is 6.18. The van der Waals surface area contributed by atoms with Gasteiger partial charge in [-0.25, -0.2) is 18.4 Å². The molecule has 2 aromatic rings. The topological polar surface area (TPSA) is 105 Å². The number of sulfonamides is 1. The highest BCUT2D eigenvalue weighted by atomic mass is 32.2. The fraction of sp³-hybridized carbons (Fsp3) is 0.267. The van der Waals surface area contributed by atoms with Crippen LogP contribution >= 0.6 is 11.3 Å². The first kappa shape index (κ1) is 18.2. The lowest BCUT2D eigenvalue weighted by molar-refractivity contribution is 0.0451. The lowest BCUT2D eigenvalue weighted by Crippen LogP contribution is -2.12. The van der Waals surface area contributed by atoms with E-state index >= 15 is 0 Å². The number of carbonyl (C=O) groups excluding carboxylic acids is 1. The second kappa shape index (κ2) is 8.13. The second-order valence-electron chi connectivity index (χ2n) is 4.59. The van der Waals surface area contributed by atoms with Crippen molar-refractivity contribution < 1.29 is 27.4 Å². The van der Waals surface area contributed by atoms with E-state index in [2.05, 4.69) is 0 Å². The Balaban J connectivity index is 1.77. The van der Waals surface area contributed by atoms with Crippen molar-refractivity contribution in [1.82, 2.24) is 0 Å². The Morgan fingerprint density at radius 3 is 2.29 bits per heavy atom. The van der Waals surface area contributed by atoms with Crippen LogP contribution in [-0.2, 0) is 14.8 Å². The predicted molar refractivity (Wildman–Crippen MR) is 89.1 cm³/mol. The van der Waals surface area contributed by atoms with Gasteiger partial charge in [-0.2, -0.15) is 0 Å². The maximum atomic E-state index is 11.8. The normalized spacial score (nSPS) is 11.1. The molecule has 0 saturated heterocycles. The molecule has 2 rings (SSSR count). The summed E-state index contributed by atoms with van der Waals surface area (Å²) in [5, 5.41) is 6.37. The van der Waals surface area contributed by atoms with Crippen molar-refractivity contribution in [3.63, 3.8) is 0 Å². The highest BCUT2D eigenvalue weighted by Crippen LogP contribution is 2.20. The van der Waals surface area contributed by atoms with E-state index in [0.717, 1.165) is 17.1 Å². The van der Waals surface area contributed by atoms with Crippen molar-refractivity contribution in [2.24, 2.45) is 5.14 Å². The molecule has 0 saturated carbocycles. The van der Waals surface area contributed by atoms with Gasteiger partial charge in [0, 0.05) is 5.38 Å². The molecular formula is C15H17NO6S2. The maximum absolute atomic E-state index is 11.8. The lowest BCUT2D eigenvalue weighted by atomic mass is 10.3. The van der Waals surface area contributed by atoms with Crippen molar-refractivity contribution >= 4 is 27.3 Å². The van der Waals surface area contributed by atoms with Crippen molar-refractivity contribution in [3.05, 3.63) is 41.3 Å². The molecule has 1 heterocycles. The van der Waals surface area contributed by atoms with Crippen molar-refractivity contribution in [2.45, 2.75) is 11.1 Å². The minimum atomic E-state index is -3.81. The number of hydrogen-bond donors (Lipinski definition) is 1. The summed E-state index contributed by atoms with van der Waals surface area (Å²) >= 11 is 0.869. The van der Waals surface area contributed by atoms with Crippen molar-refractivity contribution in [3.8, 4) is 11.5 Å². The molecule has 0 amide bonds. The van der Waals surface area contributed by atoms with Crippen LogP contribution in [0.25, 0.3) is 0 Å². The summed E-state index contributed by atoms with van der Waals surface area (Å²) in [6, 6.07) is 8.26. The van der Waals surface area contributed by atoms with Crippen LogP contribution in [0.15, 0.2) is 39.9 Å².